The number of carbonyl (C=O) groups is 1. The molecule has 1 aliphatic heterocycles. The van der Waals surface area contributed by atoms with Crippen molar-refractivity contribution in [2.75, 3.05) is 36.9 Å². The Morgan fingerprint density at radius 1 is 1.48 bits per heavy atom. The van der Waals surface area contributed by atoms with Crippen molar-refractivity contribution in [3.05, 3.63) is 6.33 Å². The lowest BCUT2D eigenvalue weighted by molar-refractivity contribution is -0.119. The Bertz CT molecular complexity index is 486. The Balaban J connectivity index is 1.96. The summed E-state index contributed by atoms with van der Waals surface area (Å²) in [5, 5.41) is 2.88. The lowest BCUT2D eigenvalue weighted by atomic mass is 9.96. The van der Waals surface area contributed by atoms with Gasteiger partial charge in [0.2, 0.25) is 11.8 Å². The SMILES string of the molecule is CCOc1ncnc(N2CCC(CNC(C)=O)CC2)c1N. The second-order valence-electron chi connectivity index (χ2n) is 5.22. The summed E-state index contributed by atoms with van der Waals surface area (Å²) in [6.45, 7) is 6.46. The van der Waals surface area contributed by atoms with Crippen LogP contribution in [0.25, 0.3) is 0 Å². The molecule has 1 saturated heterocycles. The number of hydrogen-bond acceptors (Lipinski definition) is 6. The van der Waals surface area contributed by atoms with Crippen LogP contribution in [0.5, 0.6) is 5.88 Å². The van der Waals surface area contributed by atoms with Crippen LogP contribution < -0.4 is 20.7 Å². The average molecular weight is 293 g/mol. The monoisotopic (exact) mass is 293 g/mol. The molecule has 0 radical (unpaired) electrons. The summed E-state index contributed by atoms with van der Waals surface area (Å²) in [5.74, 6) is 1.73. The third-order valence-electron chi connectivity index (χ3n) is 3.66. The molecule has 21 heavy (non-hydrogen) atoms. The number of aromatic nitrogens is 2. The van der Waals surface area contributed by atoms with Crippen LogP contribution in [-0.2, 0) is 4.79 Å². The van der Waals surface area contributed by atoms with Crippen LogP contribution >= 0.6 is 0 Å². The summed E-state index contributed by atoms with van der Waals surface area (Å²) >= 11 is 0. The van der Waals surface area contributed by atoms with Gasteiger partial charge in [-0.1, -0.05) is 0 Å². The second kappa shape index (κ2) is 7.10. The van der Waals surface area contributed by atoms with E-state index in [0.717, 1.165) is 38.3 Å². The van der Waals surface area contributed by atoms with E-state index >= 15 is 0 Å². The van der Waals surface area contributed by atoms with Gasteiger partial charge < -0.3 is 20.7 Å². The maximum atomic E-state index is 10.9. The van der Waals surface area contributed by atoms with Crippen LogP contribution in [0.2, 0.25) is 0 Å². The molecule has 7 nitrogen and oxygen atoms in total. The first-order chi connectivity index (χ1) is 10.1. The van der Waals surface area contributed by atoms with E-state index in [1.165, 1.54) is 6.33 Å². The van der Waals surface area contributed by atoms with Crippen LogP contribution in [0.4, 0.5) is 11.5 Å². The number of nitrogens with two attached hydrogens (primary N) is 1. The molecule has 1 aromatic heterocycles. The molecule has 1 amide bonds. The van der Waals surface area contributed by atoms with Crippen LogP contribution in [0.15, 0.2) is 6.33 Å². The van der Waals surface area contributed by atoms with Crippen LogP contribution in [0.1, 0.15) is 26.7 Å². The number of nitrogens with one attached hydrogen (secondary N) is 1. The van der Waals surface area contributed by atoms with E-state index in [-0.39, 0.29) is 5.91 Å². The Hall–Kier alpha value is -2.05. The van der Waals surface area contributed by atoms with Gasteiger partial charge in [-0.2, -0.15) is 4.98 Å². The normalized spacial score (nSPS) is 15.8. The number of rotatable bonds is 5. The van der Waals surface area contributed by atoms with Crippen molar-refractivity contribution in [1.29, 1.82) is 0 Å². The Morgan fingerprint density at radius 3 is 2.81 bits per heavy atom. The third kappa shape index (κ3) is 3.96. The summed E-state index contributed by atoms with van der Waals surface area (Å²) in [6.07, 6.45) is 3.50. The van der Waals surface area contributed by atoms with Crippen LogP contribution in [-0.4, -0.2) is 42.1 Å². The fourth-order valence-corrected chi connectivity index (χ4v) is 2.51. The van der Waals surface area contributed by atoms with Gasteiger partial charge in [-0.05, 0) is 25.7 Å². The largest absolute Gasteiger partial charge is 0.476 e. The molecule has 2 heterocycles. The van der Waals surface area contributed by atoms with Gasteiger partial charge in [0.05, 0.1) is 6.61 Å². The minimum absolute atomic E-state index is 0.0267. The molecule has 0 aliphatic carbocycles. The van der Waals surface area contributed by atoms with Gasteiger partial charge in [0.15, 0.2) is 5.82 Å². The molecule has 7 heteroatoms. The van der Waals surface area contributed by atoms with Gasteiger partial charge in [-0.25, -0.2) is 4.98 Å². The number of nitrogens with zero attached hydrogens (tertiary/aromatic N) is 3. The standard InChI is InChI=1S/C14H23N5O2/c1-3-21-14-12(15)13(17-9-18-14)19-6-4-11(5-7-19)8-16-10(2)20/h9,11H,3-8,15H2,1-2H3,(H,16,20). The van der Waals surface area contributed by atoms with Crippen LogP contribution in [0, 0.1) is 5.92 Å². The van der Waals surface area contributed by atoms with Crippen molar-refractivity contribution < 1.29 is 9.53 Å². The number of nitrogen functional groups attached to an aromatic ring is 1. The van der Waals surface area contributed by atoms with E-state index in [9.17, 15) is 4.79 Å². The quantitative estimate of drug-likeness (QED) is 0.834. The predicted molar refractivity (Wildman–Crippen MR) is 81.2 cm³/mol. The van der Waals surface area contributed by atoms with Gasteiger partial charge in [0.25, 0.3) is 0 Å². The summed E-state index contributed by atoms with van der Waals surface area (Å²) in [5.41, 5.74) is 6.58. The lowest BCUT2D eigenvalue weighted by Gasteiger charge is -2.33. The Labute approximate surface area is 124 Å². The maximum absolute atomic E-state index is 10.9. The molecule has 1 aliphatic rings. The minimum atomic E-state index is 0.0267. The second-order valence-corrected chi connectivity index (χ2v) is 5.22. The summed E-state index contributed by atoms with van der Waals surface area (Å²) in [7, 11) is 0. The van der Waals surface area contributed by atoms with Gasteiger partial charge in [0.1, 0.15) is 12.0 Å². The van der Waals surface area contributed by atoms with E-state index in [0.29, 0.717) is 24.1 Å². The molecule has 1 aromatic rings. The molecular weight excluding hydrogens is 270 g/mol. The molecule has 0 spiro atoms. The summed E-state index contributed by atoms with van der Waals surface area (Å²) < 4.78 is 5.40. The van der Waals surface area contributed by atoms with Gasteiger partial charge in [-0.3, -0.25) is 4.79 Å². The van der Waals surface area contributed by atoms with Gasteiger partial charge in [0, 0.05) is 26.6 Å². The van der Waals surface area contributed by atoms with Crippen molar-refractivity contribution >= 4 is 17.4 Å². The fraction of sp³-hybridized carbons (Fsp3) is 0.643. The first-order valence-corrected chi connectivity index (χ1v) is 7.34. The molecule has 0 bridgehead atoms. The van der Waals surface area contributed by atoms with E-state index in [4.69, 9.17) is 10.5 Å². The zero-order valence-electron chi connectivity index (χ0n) is 12.6. The van der Waals surface area contributed by atoms with Gasteiger partial charge in [-0.15, -0.1) is 0 Å². The summed E-state index contributed by atoms with van der Waals surface area (Å²) in [6, 6.07) is 0. The van der Waals surface area contributed by atoms with E-state index in [1.807, 2.05) is 6.92 Å². The average Bonchev–Trinajstić information content (AvgIpc) is 2.48. The minimum Gasteiger partial charge on any atom is -0.476 e. The fourth-order valence-electron chi connectivity index (χ4n) is 2.51. The molecule has 2 rings (SSSR count). The topological polar surface area (TPSA) is 93.4 Å². The molecule has 0 unspecified atom stereocenters. The molecule has 0 saturated carbocycles. The zero-order valence-corrected chi connectivity index (χ0v) is 12.6. The smallest absolute Gasteiger partial charge is 0.242 e. The van der Waals surface area contributed by atoms with E-state index < -0.39 is 0 Å². The number of amides is 1. The molecule has 0 aromatic carbocycles. The first-order valence-electron chi connectivity index (χ1n) is 7.34. The maximum Gasteiger partial charge on any atom is 0.242 e. The first kappa shape index (κ1) is 15.3. The van der Waals surface area contributed by atoms with Crippen molar-refractivity contribution in [1.82, 2.24) is 15.3 Å². The predicted octanol–water partition coefficient (Wildman–Crippen LogP) is 0.810. The van der Waals surface area contributed by atoms with E-state index in [1.54, 1.807) is 6.92 Å². The molecule has 0 atom stereocenters. The number of ether oxygens (including phenoxy) is 1. The molecule has 1 fully saturated rings. The van der Waals surface area contributed by atoms with E-state index in [2.05, 4.69) is 20.2 Å². The van der Waals surface area contributed by atoms with Crippen LogP contribution in [0.3, 0.4) is 0 Å². The highest BCUT2D eigenvalue weighted by Crippen LogP contribution is 2.30. The van der Waals surface area contributed by atoms with Crippen molar-refractivity contribution in [3.8, 4) is 5.88 Å². The van der Waals surface area contributed by atoms with Crippen molar-refractivity contribution in [2.45, 2.75) is 26.7 Å². The van der Waals surface area contributed by atoms with Crippen molar-refractivity contribution in [2.24, 2.45) is 5.92 Å². The number of anilines is 2. The molecular formula is C14H23N5O2. The highest BCUT2D eigenvalue weighted by atomic mass is 16.5. The van der Waals surface area contributed by atoms with Gasteiger partial charge >= 0.3 is 0 Å². The van der Waals surface area contributed by atoms with Crippen molar-refractivity contribution in [3.63, 3.8) is 0 Å². The Morgan fingerprint density at radius 2 is 2.19 bits per heavy atom. The summed E-state index contributed by atoms with van der Waals surface area (Å²) in [4.78, 5) is 21.4. The number of hydrogen-bond donors (Lipinski definition) is 2. The highest BCUT2D eigenvalue weighted by Gasteiger charge is 2.23. The third-order valence-corrected chi connectivity index (χ3v) is 3.66. The number of piperidine rings is 1. The lowest BCUT2D eigenvalue weighted by Crippen LogP contribution is -2.39. The molecule has 3 N–H and O–H groups in total. The Kier molecular flexibility index (Phi) is 5.19. The molecule has 116 valence electrons. The number of carbonyl (C=O) groups excluding carboxylic acids is 1. The highest BCUT2D eigenvalue weighted by molar-refractivity contribution is 5.72. The zero-order chi connectivity index (χ0) is 15.2.